The Morgan fingerprint density at radius 3 is 2.50 bits per heavy atom. The van der Waals surface area contributed by atoms with E-state index in [2.05, 4.69) is 4.98 Å². The van der Waals surface area contributed by atoms with Crippen LogP contribution in [0.4, 0.5) is 5.13 Å². The minimum atomic E-state index is -1.00. The first-order valence-corrected chi connectivity index (χ1v) is 9.49. The molecule has 2 aromatic rings. The number of hydrogen-bond acceptors (Lipinski definition) is 4. The molecule has 0 spiro atoms. The molecule has 3 rings (SSSR count). The van der Waals surface area contributed by atoms with Crippen molar-refractivity contribution in [3.8, 4) is 0 Å². The fourth-order valence-electron chi connectivity index (χ4n) is 2.75. The third kappa shape index (κ3) is 3.24. The minimum Gasteiger partial charge on any atom is -0.478 e. The Morgan fingerprint density at radius 1 is 1.27 bits per heavy atom. The number of rotatable bonds is 4. The van der Waals surface area contributed by atoms with E-state index in [0.29, 0.717) is 32.4 Å². The number of carbonyl (C=O) groups excluding carboxylic acids is 1. The van der Waals surface area contributed by atoms with E-state index in [1.807, 2.05) is 20.8 Å². The third-order valence-electron chi connectivity index (χ3n) is 4.10. The van der Waals surface area contributed by atoms with Gasteiger partial charge in [-0.05, 0) is 44.5 Å². The summed E-state index contributed by atoms with van der Waals surface area (Å²) >= 11 is 13.7. The average Bonchev–Trinajstić information content (AvgIpc) is 3.09. The number of nitrogens with zero attached hydrogens (tertiary/aromatic N) is 2. The van der Waals surface area contributed by atoms with Crippen LogP contribution in [0.3, 0.4) is 0 Å². The molecule has 8 heteroatoms. The number of carboxylic acid groups (broad SMARTS) is 1. The number of anilines is 1. The highest BCUT2D eigenvalue weighted by molar-refractivity contribution is 7.22. The van der Waals surface area contributed by atoms with Gasteiger partial charge in [-0.2, -0.15) is 0 Å². The van der Waals surface area contributed by atoms with Gasteiger partial charge in [-0.3, -0.25) is 9.69 Å². The lowest BCUT2D eigenvalue weighted by atomic mass is 10.1. The lowest BCUT2D eigenvalue weighted by molar-refractivity contribution is -0.115. The molecule has 1 N–H and O–H groups in total. The molecule has 0 unspecified atom stereocenters. The van der Waals surface area contributed by atoms with Gasteiger partial charge in [-0.15, -0.1) is 0 Å². The van der Waals surface area contributed by atoms with Gasteiger partial charge in [0.2, 0.25) is 0 Å². The highest BCUT2D eigenvalue weighted by Crippen LogP contribution is 2.39. The predicted molar refractivity (Wildman–Crippen MR) is 105 cm³/mol. The summed E-state index contributed by atoms with van der Waals surface area (Å²) < 4.78 is 0.706. The lowest BCUT2D eigenvalue weighted by Gasteiger charge is -2.24. The topological polar surface area (TPSA) is 70.5 Å². The number of thiazole rings is 1. The Morgan fingerprint density at radius 2 is 1.96 bits per heavy atom. The number of aromatic carboxylic acids is 1. The summed E-state index contributed by atoms with van der Waals surface area (Å²) in [6.07, 6.45) is 0.410. The number of allylic oxidation sites excluding steroid dienone is 3. The minimum absolute atomic E-state index is 0.154. The van der Waals surface area contributed by atoms with Crippen molar-refractivity contribution in [3.05, 3.63) is 45.0 Å². The SMILES string of the molecule is CC1=C(Cl)C(Cl)=C(C(=O)N(c2nc3ccc(C(=O)O)cc3s2)C(C)C)C1. The molecule has 26 heavy (non-hydrogen) atoms. The Bertz CT molecular complexity index is 991. The molecule has 5 nitrogen and oxygen atoms in total. The molecule has 0 aliphatic heterocycles. The number of benzene rings is 1. The van der Waals surface area contributed by atoms with Crippen molar-refractivity contribution in [3.63, 3.8) is 0 Å². The molecule has 1 aliphatic carbocycles. The van der Waals surface area contributed by atoms with Gasteiger partial charge < -0.3 is 5.11 Å². The van der Waals surface area contributed by atoms with Crippen LogP contribution in [0, 0.1) is 0 Å². The maximum Gasteiger partial charge on any atom is 0.335 e. The first kappa shape index (κ1) is 18.9. The van der Waals surface area contributed by atoms with Gasteiger partial charge in [0.15, 0.2) is 5.13 Å². The van der Waals surface area contributed by atoms with Crippen molar-refractivity contribution in [2.75, 3.05) is 4.90 Å². The molecule has 1 heterocycles. The zero-order valence-electron chi connectivity index (χ0n) is 14.3. The number of hydrogen-bond donors (Lipinski definition) is 1. The normalized spacial score (nSPS) is 14.7. The summed E-state index contributed by atoms with van der Waals surface area (Å²) in [5.41, 5.74) is 2.14. The van der Waals surface area contributed by atoms with Gasteiger partial charge in [0.25, 0.3) is 5.91 Å². The van der Waals surface area contributed by atoms with Crippen LogP contribution in [-0.4, -0.2) is 28.0 Å². The van der Waals surface area contributed by atoms with E-state index >= 15 is 0 Å². The molecular weight excluding hydrogens is 395 g/mol. The van der Waals surface area contributed by atoms with Gasteiger partial charge in [-0.25, -0.2) is 9.78 Å². The highest BCUT2D eigenvalue weighted by atomic mass is 35.5. The molecule has 1 amide bonds. The first-order chi connectivity index (χ1) is 12.2. The van der Waals surface area contributed by atoms with Crippen LogP contribution in [0.15, 0.2) is 39.4 Å². The van der Waals surface area contributed by atoms with Crippen LogP contribution < -0.4 is 4.90 Å². The molecule has 1 aromatic heterocycles. The van der Waals surface area contributed by atoms with Crippen LogP contribution in [0.1, 0.15) is 37.6 Å². The molecule has 1 aromatic carbocycles. The maximum atomic E-state index is 13.1. The van der Waals surface area contributed by atoms with E-state index in [0.717, 1.165) is 5.57 Å². The van der Waals surface area contributed by atoms with Crippen molar-refractivity contribution < 1.29 is 14.7 Å². The first-order valence-electron chi connectivity index (χ1n) is 7.92. The van der Waals surface area contributed by atoms with Crippen molar-refractivity contribution in [1.82, 2.24) is 4.98 Å². The van der Waals surface area contributed by atoms with Gasteiger partial charge in [0, 0.05) is 18.0 Å². The van der Waals surface area contributed by atoms with Crippen LogP contribution in [0.2, 0.25) is 0 Å². The van der Waals surface area contributed by atoms with Crippen molar-refractivity contribution in [1.29, 1.82) is 0 Å². The zero-order valence-corrected chi connectivity index (χ0v) is 16.7. The fourth-order valence-corrected chi connectivity index (χ4v) is 4.37. The van der Waals surface area contributed by atoms with Gasteiger partial charge >= 0.3 is 5.97 Å². The Hall–Kier alpha value is -1.89. The van der Waals surface area contributed by atoms with E-state index in [-0.39, 0.29) is 22.5 Å². The lowest BCUT2D eigenvalue weighted by Crippen LogP contribution is -2.38. The quantitative estimate of drug-likeness (QED) is 0.756. The third-order valence-corrected chi connectivity index (χ3v) is 6.14. The summed E-state index contributed by atoms with van der Waals surface area (Å²) in [5.74, 6) is -1.24. The summed E-state index contributed by atoms with van der Waals surface area (Å²) in [4.78, 5) is 30.4. The number of amides is 1. The molecule has 0 saturated heterocycles. The van der Waals surface area contributed by atoms with Crippen molar-refractivity contribution >= 4 is 61.8 Å². The van der Waals surface area contributed by atoms with Crippen LogP contribution in [0.25, 0.3) is 10.2 Å². The second kappa shape index (κ2) is 7.02. The maximum absolute atomic E-state index is 13.1. The van der Waals surface area contributed by atoms with Crippen molar-refractivity contribution in [2.45, 2.75) is 33.2 Å². The van der Waals surface area contributed by atoms with E-state index in [4.69, 9.17) is 28.3 Å². The molecular formula is C18H16Cl2N2O3S. The number of carboxylic acids is 1. The number of fused-ring (bicyclic) bond motifs is 1. The monoisotopic (exact) mass is 410 g/mol. The fraction of sp³-hybridized carbons (Fsp3) is 0.278. The summed E-state index contributed by atoms with van der Waals surface area (Å²) in [6, 6.07) is 4.55. The average molecular weight is 411 g/mol. The zero-order chi connectivity index (χ0) is 19.2. The molecule has 0 atom stereocenters. The van der Waals surface area contributed by atoms with Gasteiger partial charge in [-0.1, -0.05) is 34.5 Å². The number of aromatic nitrogens is 1. The Kier molecular flexibility index (Phi) is 5.10. The van der Waals surface area contributed by atoms with Crippen LogP contribution in [0.5, 0.6) is 0 Å². The molecule has 0 saturated carbocycles. The van der Waals surface area contributed by atoms with Crippen molar-refractivity contribution in [2.24, 2.45) is 0 Å². The van der Waals surface area contributed by atoms with E-state index in [1.165, 1.54) is 17.4 Å². The van der Waals surface area contributed by atoms with E-state index in [9.17, 15) is 9.59 Å². The largest absolute Gasteiger partial charge is 0.478 e. The summed E-state index contributed by atoms with van der Waals surface area (Å²) in [7, 11) is 0. The number of carbonyl (C=O) groups is 2. The van der Waals surface area contributed by atoms with Gasteiger partial charge in [0.1, 0.15) is 0 Å². The Balaban J connectivity index is 2.02. The Labute approximate surface area is 164 Å². The van der Waals surface area contributed by atoms with E-state index < -0.39 is 5.97 Å². The molecule has 0 fully saturated rings. The number of halogens is 2. The van der Waals surface area contributed by atoms with Crippen LogP contribution in [-0.2, 0) is 4.79 Å². The smallest absolute Gasteiger partial charge is 0.335 e. The van der Waals surface area contributed by atoms with Gasteiger partial charge in [0.05, 0.1) is 25.8 Å². The second-order valence-corrected chi connectivity index (χ2v) is 8.08. The molecule has 136 valence electrons. The molecule has 0 radical (unpaired) electrons. The highest BCUT2D eigenvalue weighted by Gasteiger charge is 2.31. The standard InChI is InChI=1S/C18H16Cl2N2O3S/c1-8(2)22(16(23)11-6-9(3)14(19)15(11)20)18-21-12-5-4-10(17(24)25)7-13(12)26-18/h4-5,7-8H,6H2,1-3H3,(H,24,25). The summed E-state index contributed by atoms with van der Waals surface area (Å²) in [6.45, 7) is 5.62. The predicted octanol–water partition coefficient (Wildman–Crippen LogP) is 5.15. The second-order valence-electron chi connectivity index (χ2n) is 6.32. The molecule has 0 bridgehead atoms. The molecule has 1 aliphatic rings. The van der Waals surface area contributed by atoms with Crippen LogP contribution >= 0.6 is 34.5 Å². The summed E-state index contributed by atoms with van der Waals surface area (Å²) in [5, 5.41) is 10.4. The van der Waals surface area contributed by atoms with E-state index in [1.54, 1.807) is 17.0 Å².